The number of hydrogen-bond donors (Lipinski definition) is 0. The van der Waals surface area contributed by atoms with E-state index < -0.39 is 5.97 Å². The van der Waals surface area contributed by atoms with Crippen LogP contribution >= 0.6 is 0 Å². The van der Waals surface area contributed by atoms with E-state index in [4.69, 9.17) is 9.47 Å². The Balaban J connectivity index is 2.16. The Morgan fingerprint density at radius 1 is 1.33 bits per heavy atom. The van der Waals surface area contributed by atoms with Gasteiger partial charge in [0.1, 0.15) is 17.1 Å². The molecule has 0 aliphatic heterocycles. The average Bonchev–Trinajstić information content (AvgIpc) is 2.54. The van der Waals surface area contributed by atoms with Crippen LogP contribution in [0.4, 0.5) is 4.39 Å². The summed E-state index contributed by atoms with van der Waals surface area (Å²) in [5.74, 6) is 0.0530. The first-order valence-corrected chi connectivity index (χ1v) is 8.15. The Morgan fingerprint density at radius 2 is 2.12 bits per heavy atom. The summed E-state index contributed by atoms with van der Waals surface area (Å²) in [5.41, 5.74) is 3.03. The highest BCUT2D eigenvalue weighted by Gasteiger charge is 2.27. The molecule has 5 heteroatoms. The number of ether oxygens (including phenoxy) is 2. The van der Waals surface area contributed by atoms with Crippen molar-refractivity contribution < 1.29 is 18.7 Å². The van der Waals surface area contributed by atoms with Gasteiger partial charge < -0.3 is 9.47 Å². The van der Waals surface area contributed by atoms with E-state index in [1.807, 2.05) is 19.1 Å². The number of hydrogen-bond acceptors (Lipinski definition) is 4. The highest BCUT2D eigenvalue weighted by molar-refractivity contribution is 5.94. The van der Waals surface area contributed by atoms with E-state index in [9.17, 15) is 9.18 Å². The second-order valence-electron chi connectivity index (χ2n) is 5.85. The third-order valence-electron chi connectivity index (χ3n) is 4.41. The maximum Gasteiger partial charge on any atom is 0.341 e. The van der Waals surface area contributed by atoms with Gasteiger partial charge in [0.15, 0.2) is 0 Å². The van der Waals surface area contributed by atoms with Gasteiger partial charge in [-0.25, -0.2) is 9.18 Å². The van der Waals surface area contributed by atoms with Gasteiger partial charge in [0, 0.05) is 5.56 Å². The molecule has 0 unspecified atom stereocenters. The Labute approximate surface area is 140 Å². The van der Waals surface area contributed by atoms with Crippen LogP contribution in [-0.4, -0.2) is 24.7 Å². The Bertz CT molecular complexity index is 739. The van der Waals surface area contributed by atoms with Crippen molar-refractivity contribution in [2.24, 2.45) is 0 Å². The molecule has 1 saturated carbocycles. The van der Waals surface area contributed by atoms with Gasteiger partial charge in [0.25, 0.3) is 0 Å². The van der Waals surface area contributed by atoms with Crippen LogP contribution in [0.2, 0.25) is 0 Å². The Kier molecular flexibility index (Phi) is 4.79. The van der Waals surface area contributed by atoms with Crippen molar-refractivity contribution in [1.29, 1.82) is 0 Å². The summed E-state index contributed by atoms with van der Waals surface area (Å²) in [7, 11) is 1.36. The lowest BCUT2D eigenvalue weighted by molar-refractivity contribution is 0.0596. The maximum absolute atomic E-state index is 13.2. The minimum Gasteiger partial charge on any atom is -0.493 e. The van der Waals surface area contributed by atoms with Crippen molar-refractivity contribution >= 4 is 5.97 Å². The van der Waals surface area contributed by atoms with Crippen molar-refractivity contribution in [3.8, 4) is 17.0 Å². The van der Waals surface area contributed by atoms with Crippen LogP contribution in [0.1, 0.15) is 48.0 Å². The van der Waals surface area contributed by atoms with Crippen molar-refractivity contribution in [3.05, 3.63) is 47.4 Å². The van der Waals surface area contributed by atoms with Crippen LogP contribution in [0.15, 0.2) is 30.5 Å². The molecule has 1 aliphatic carbocycles. The average molecular weight is 329 g/mol. The van der Waals surface area contributed by atoms with Gasteiger partial charge >= 0.3 is 5.97 Å². The zero-order valence-electron chi connectivity index (χ0n) is 13.8. The first-order chi connectivity index (χ1) is 11.6. The van der Waals surface area contributed by atoms with E-state index in [1.54, 1.807) is 6.07 Å². The van der Waals surface area contributed by atoms with Gasteiger partial charge in [-0.2, -0.15) is 0 Å². The van der Waals surface area contributed by atoms with Crippen LogP contribution in [0.25, 0.3) is 11.3 Å². The number of carbonyl (C=O) groups excluding carboxylic acids is 1. The number of pyridine rings is 1. The zero-order chi connectivity index (χ0) is 17.1. The fourth-order valence-electron chi connectivity index (χ4n) is 2.95. The normalized spacial score (nSPS) is 14.1. The third-order valence-corrected chi connectivity index (χ3v) is 4.41. The molecule has 0 saturated heterocycles. The van der Waals surface area contributed by atoms with Crippen molar-refractivity contribution in [2.45, 2.75) is 32.1 Å². The highest BCUT2D eigenvalue weighted by Crippen LogP contribution is 2.43. The smallest absolute Gasteiger partial charge is 0.341 e. The standard InChI is InChI=1S/C19H20FNO3/c1-3-24-18-10-15(17-8-7-13(20)11-21-17)14(12-5-4-6-12)9-16(18)19(22)23-2/h7-12H,3-6H2,1-2H3. The lowest BCUT2D eigenvalue weighted by Crippen LogP contribution is -2.13. The molecule has 1 aliphatic rings. The summed E-state index contributed by atoms with van der Waals surface area (Å²) < 4.78 is 23.7. The third kappa shape index (κ3) is 3.11. The number of methoxy groups -OCH3 is 1. The Hall–Kier alpha value is -2.43. The van der Waals surface area contributed by atoms with Crippen LogP contribution < -0.4 is 4.74 Å². The van der Waals surface area contributed by atoms with E-state index in [2.05, 4.69) is 4.98 Å². The summed E-state index contributed by atoms with van der Waals surface area (Å²) in [6, 6.07) is 6.71. The van der Waals surface area contributed by atoms with E-state index in [0.29, 0.717) is 29.5 Å². The van der Waals surface area contributed by atoms with Crippen molar-refractivity contribution in [3.63, 3.8) is 0 Å². The summed E-state index contributed by atoms with van der Waals surface area (Å²) in [5, 5.41) is 0. The second-order valence-corrected chi connectivity index (χ2v) is 5.85. The number of esters is 1. The van der Waals surface area contributed by atoms with Gasteiger partial charge in [0.2, 0.25) is 0 Å². The Morgan fingerprint density at radius 3 is 2.67 bits per heavy atom. The summed E-state index contributed by atoms with van der Waals surface area (Å²) in [4.78, 5) is 16.3. The highest BCUT2D eigenvalue weighted by atomic mass is 19.1. The molecule has 1 heterocycles. The molecule has 3 rings (SSSR count). The molecule has 2 aromatic rings. The molecule has 0 bridgehead atoms. The zero-order valence-corrected chi connectivity index (χ0v) is 13.8. The molecule has 1 fully saturated rings. The largest absolute Gasteiger partial charge is 0.493 e. The van der Waals surface area contributed by atoms with Gasteiger partial charge in [-0.1, -0.05) is 6.42 Å². The fraction of sp³-hybridized carbons (Fsp3) is 0.368. The van der Waals surface area contributed by atoms with Crippen LogP contribution in [0.5, 0.6) is 5.75 Å². The molecule has 1 aromatic carbocycles. The number of benzene rings is 1. The summed E-state index contributed by atoms with van der Waals surface area (Å²) >= 11 is 0. The monoisotopic (exact) mass is 329 g/mol. The summed E-state index contributed by atoms with van der Waals surface area (Å²) in [6.45, 7) is 2.29. The minimum absolute atomic E-state index is 0.375. The molecule has 0 atom stereocenters. The first kappa shape index (κ1) is 16.4. The number of carbonyl (C=O) groups is 1. The molecule has 0 spiro atoms. The lowest BCUT2D eigenvalue weighted by atomic mass is 9.77. The minimum atomic E-state index is -0.419. The molecule has 0 radical (unpaired) electrons. The van der Waals surface area contributed by atoms with Gasteiger partial charge in [-0.05, 0) is 55.5 Å². The van der Waals surface area contributed by atoms with Crippen molar-refractivity contribution in [1.82, 2.24) is 4.98 Å². The molecular weight excluding hydrogens is 309 g/mol. The predicted octanol–water partition coefficient (Wildman–Crippen LogP) is 4.34. The SMILES string of the molecule is CCOc1cc(-c2ccc(F)cn2)c(C2CCC2)cc1C(=O)OC. The van der Waals surface area contributed by atoms with Crippen LogP contribution in [0.3, 0.4) is 0 Å². The van der Waals surface area contributed by atoms with Crippen molar-refractivity contribution in [2.75, 3.05) is 13.7 Å². The second kappa shape index (κ2) is 6.99. The topological polar surface area (TPSA) is 48.4 Å². The van der Waals surface area contributed by atoms with Gasteiger partial charge in [-0.15, -0.1) is 0 Å². The predicted molar refractivity (Wildman–Crippen MR) is 88.7 cm³/mol. The fourth-order valence-corrected chi connectivity index (χ4v) is 2.95. The molecule has 0 N–H and O–H groups in total. The molecule has 1 aromatic heterocycles. The quantitative estimate of drug-likeness (QED) is 0.766. The van der Waals surface area contributed by atoms with E-state index in [-0.39, 0.29) is 5.82 Å². The number of halogens is 1. The number of nitrogens with zero attached hydrogens (tertiary/aromatic N) is 1. The molecule has 24 heavy (non-hydrogen) atoms. The van der Waals surface area contributed by atoms with Crippen LogP contribution in [-0.2, 0) is 4.74 Å². The van der Waals surface area contributed by atoms with Crippen LogP contribution in [0, 0.1) is 5.82 Å². The molecular formula is C19H20FNO3. The lowest BCUT2D eigenvalue weighted by Gasteiger charge is -2.29. The van der Waals surface area contributed by atoms with E-state index in [1.165, 1.54) is 25.8 Å². The number of rotatable bonds is 5. The molecule has 0 amide bonds. The summed E-state index contributed by atoms with van der Waals surface area (Å²) in [6.07, 6.45) is 4.52. The number of aromatic nitrogens is 1. The molecule has 126 valence electrons. The van der Waals surface area contributed by atoms with E-state index in [0.717, 1.165) is 24.0 Å². The molecule has 4 nitrogen and oxygen atoms in total. The van der Waals surface area contributed by atoms with Gasteiger partial charge in [0.05, 0.1) is 25.6 Å². The van der Waals surface area contributed by atoms with E-state index >= 15 is 0 Å². The van der Waals surface area contributed by atoms with Gasteiger partial charge in [-0.3, -0.25) is 4.98 Å². The maximum atomic E-state index is 13.2. The first-order valence-electron chi connectivity index (χ1n) is 8.15.